The molecule has 2 aromatic rings. The van der Waals surface area contributed by atoms with Gasteiger partial charge in [-0.15, -0.1) is 0 Å². The number of guanidine groups is 1. The van der Waals surface area contributed by atoms with Gasteiger partial charge in [-0.2, -0.15) is 0 Å². The lowest BCUT2D eigenvalue weighted by Gasteiger charge is -2.23. The first kappa shape index (κ1) is 18.6. The van der Waals surface area contributed by atoms with Gasteiger partial charge in [-0.05, 0) is 29.8 Å². The molecule has 0 atom stereocenters. The molecule has 0 unspecified atom stereocenters. The Morgan fingerprint density at radius 1 is 1.12 bits per heavy atom. The van der Waals surface area contributed by atoms with Crippen LogP contribution < -0.4 is 20.5 Å². The average Bonchev–Trinajstić information content (AvgIpc) is 2.60. The molecule has 0 spiro atoms. The molecule has 0 heterocycles. The molecule has 0 saturated carbocycles. The normalized spacial score (nSPS) is 12.0. The first-order valence-electron chi connectivity index (χ1n) is 7.91. The summed E-state index contributed by atoms with van der Waals surface area (Å²) >= 11 is 0. The van der Waals surface area contributed by atoms with Gasteiger partial charge in [0, 0.05) is 17.2 Å². The van der Waals surface area contributed by atoms with E-state index in [1.807, 2.05) is 26.0 Å². The molecule has 25 heavy (non-hydrogen) atoms. The summed E-state index contributed by atoms with van der Waals surface area (Å²) < 4.78 is 23.9. The number of ether oxygens (including phenoxy) is 2. The third kappa shape index (κ3) is 4.86. The van der Waals surface area contributed by atoms with Crippen LogP contribution in [0, 0.1) is 5.82 Å². The molecule has 0 aliphatic heterocycles. The summed E-state index contributed by atoms with van der Waals surface area (Å²) in [6, 6.07) is 11.9. The van der Waals surface area contributed by atoms with Crippen LogP contribution in [0.1, 0.15) is 19.4 Å². The van der Waals surface area contributed by atoms with Gasteiger partial charge in [0.15, 0.2) is 17.5 Å². The molecule has 3 N–H and O–H groups in total. The number of nitrogens with two attached hydrogens (primary N) is 1. The standard InChI is InChI=1S/C19H24FN3O2/c1-19(2,13-6-5-7-14(20)10-13)12-22-18(21)23-15-8-9-16(24-3)17(11-15)25-4/h5-11H,12H2,1-4H3,(H3,21,22,23). The summed E-state index contributed by atoms with van der Waals surface area (Å²) in [4.78, 5) is 4.38. The lowest BCUT2D eigenvalue weighted by Crippen LogP contribution is -2.27. The minimum Gasteiger partial charge on any atom is -0.493 e. The maximum Gasteiger partial charge on any atom is 0.193 e. The first-order chi connectivity index (χ1) is 11.9. The van der Waals surface area contributed by atoms with Crippen molar-refractivity contribution in [1.29, 1.82) is 0 Å². The molecule has 0 saturated heterocycles. The molecule has 0 aliphatic carbocycles. The second kappa shape index (κ2) is 7.88. The van der Waals surface area contributed by atoms with E-state index in [2.05, 4.69) is 10.3 Å². The van der Waals surface area contributed by atoms with Crippen LogP contribution in [-0.2, 0) is 5.41 Å². The van der Waals surface area contributed by atoms with Crippen molar-refractivity contribution in [2.75, 3.05) is 26.1 Å². The number of aliphatic imine (C=N–C) groups is 1. The Morgan fingerprint density at radius 2 is 1.84 bits per heavy atom. The predicted octanol–water partition coefficient (Wildman–Crippen LogP) is 3.55. The van der Waals surface area contributed by atoms with Gasteiger partial charge in [-0.3, -0.25) is 4.99 Å². The van der Waals surface area contributed by atoms with Crippen LogP contribution in [0.3, 0.4) is 0 Å². The topological polar surface area (TPSA) is 68.9 Å². The van der Waals surface area contributed by atoms with Gasteiger partial charge in [-0.1, -0.05) is 26.0 Å². The van der Waals surface area contributed by atoms with E-state index in [0.29, 0.717) is 18.0 Å². The highest BCUT2D eigenvalue weighted by atomic mass is 19.1. The number of benzene rings is 2. The summed E-state index contributed by atoms with van der Waals surface area (Å²) in [5.74, 6) is 1.25. The fourth-order valence-corrected chi connectivity index (χ4v) is 2.38. The van der Waals surface area contributed by atoms with Gasteiger partial charge in [0.25, 0.3) is 0 Å². The SMILES string of the molecule is COc1ccc(NC(N)=NCC(C)(C)c2cccc(F)c2)cc1OC. The zero-order valence-corrected chi connectivity index (χ0v) is 15.0. The van der Waals surface area contributed by atoms with E-state index >= 15 is 0 Å². The molecule has 5 nitrogen and oxygen atoms in total. The number of hydrogen-bond donors (Lipinski definition) is 2. The third-order valence-electron chi connectivity index (χ3n) is 3.91. The lowest BCUT2D eigenvalue weighted by atomic mass is 9.85. The molecular formula is C19H24FN3O2. The van der Waals surface area contributed by atoms with E-state index in [-0.39, 0.29) is 17.2 Å². The van der Waals surface area contributed by atoms with Gasteiger partial charge < -0.3 is 20.5 Å². The maximum atomic E-state index is 13.4. The minimum absolute atomic E-state index is 0.258. The molecule has 0 bridgehead atoms. The zero-order chi connectivity index (χ0) is 18.4. The van der Waals surface area contributed by atoms with Crippen LogP contribution in [0.2, 0.25) is 0 Å². The van der Waals surface area contributed by atoms with Crippen LogP contribution in [0.15, 0.2) is 47.5 Å². The summed E-state index contributed by atoms with van der Waals surface area (Å²) in [5, 5.41) is 3.02. The van der Waals surface area contributed by atoms with Crippen molar-refractivity contribution < 1.29 is 13.9 Å². The van der Waals surface area contributed by atoms with Crippen molar-refractivity contribution in [3.8, 4) is 11.5 Å². The Morgan fingerprint density at radius 3 is 2.48 bits per heavy atom. The second-order valence-electron chi connectivity index (χ2n) is 6.29. The van der Waals surface area contributed by atoms with Gasteiger partial charge in [0.05, 0.1) is 20.8 Å². The third-order valence-corrected chi connectivity index (χ3v) is 3.91. The maximum absolute atomic E-state index is 13.4. The number of hydrogen-bond acceptors (Lipinski definition) is 3. The van der Waals surface area contributed by atoms with E-state index in [4.69, 9.17) is 15.2 Å². The number of rotatable bonds is 6. The average molecular weight is 345 g/mol. The van der Waals surface area contributed by atoms with Crippen molar-refractivity contribution in [3.05, 3.63) is 53.8 Å². The highest BCUT2D eigenvalue weighted by Crippen LogP contribution is 2.29. The Hall–Kier alpha value is -2.76. The predicted molar refractivity (Wildman–Crippen MR) is 99.1 cm³/mol. The van der Waals surface area contributed by atoms with Crippen LogP contribution in [0.25, 0.3) is 0 Å². The summed E-state index contributed by atoms with van der Waals surface area (Å²) in [6.07, 6.45) is 0. The summed E-state index contributed by atoms with van der Waals surface area (Å²) in [5.41, 5.74) is 7.24. The van der Waals surface area contributed by atoms with E-state index < -0.39 is 0 Å². The zero-order valence-electron chi connectivity index (χ0n) is 15.0. The van der Waals surface area contributed by atoms with E-state index in [1.165, 1.54) is 12.1 Å². The molecule has 0 fully saturated rings. The van der Waals surface area contributed by atoms with Crippen molar-refractivity contribution in [3.63, 3.8) is 0 Å². The highest BCUT2D eigenvalue weighted by Gasteiger charge is 2.20. The molecule has 2 rings (SSSR count). The Bertz CT molecular complexity index is 760. The van der Waals surface area contributed by atoms with Crippen LogP contribution >= 0.6 is 0 Å². The van der Waals surface area contributed by atoms with E-state index in [1.54, 1.807) is 32.4 Å². The highest BCUT2D eigenvalue weighted by molar-refractivity contribution is 5.92. The van der Waals surface area contributed by atoms with Crippen molar-refractivity contribution in [2.24, 2.45) is 10.7 Å². The van der Waals surface area contributed by atoms with Crippen LogP contribution in [0.4, 0.5) is 10.1 Å². The number of nitrogens with zero attached hydrogens (tertiary/aromatic N) is 1. The molecule has 134 valence electrons. The van der Waals surface area contributed by atoms with Gasteiger partial charge in [0.1, 0.15) is 5.82 Å². The van der Waals surface area contributed by atoms with Crippen LogP contribution in [0.5, 0.6) is 11.5 Å². The van der Waals surface area contributed by atoms with Crippen molar-refractivity contribution in [2.45, 2.75) is 19.3 Å². The monoisotopic (exact) mass is 345 g/mol. The largest absolute Gasteiger partial charge is 0.493 e. The van der Waals surface area contributed by atoms with E-state index in [0.717, 1.165) is 11.3 Å². The molecule has 6 heteroatoms. The number of halogens is 1. The fourth-order valence-electron chi connectivity index (χ4n) is 2.38. The lowest BCUT2D eigenvalue weighted by molar-refractivity contribution is 0.355. The molecule has 0 radical (unpaired) electrons. The molecule has 2 aromatic carbocycles. The number of methoxy groups -OCH3 is 2. The Labute approximate surface area is 147 Å². The molecular weight excluding hydrogens is 321 g/mol. The quantitative estimate of drug-likeness (QED) is 0.620. The smallest absolute Gasteiger partial charge is 0.193 e. The van der Waals surface area contributed by atoms with Gasteiger partial charge in [0.2, 0.25) is 0 Å². The second-order valence-corrected chi connectivity index (χ2v) is 6.29. The number of anilines is 1. The van der Waals surface area contributed by atoms with E-state index in [9.17, 15) is 4.39 Å². The first-order valence-corrected chi connectivity index (χ1v) is 7.91. The van der Waals surface area contributed by atoms with Gasteiger partial charge >= 0.3 is 0 Å². The molecule has 0 aromatic heterocycles. The van der Waals surface area contributed by atoms with Crippen molar-refractivity contribution in [1.82, 2.24) is 0 Å². The summed E-state index contributed by atoms with van der Waals surface area (Å²) in [6.45, 7) is 4.41. The molecule has 0 amide bonds. The summed E-state index contributed by atoms with van der Waals surface area (Å²) in [7, 11) is 3.15. The fraction of sp³-hybridized carbons (Fsp3) is 0.316. The van der Waals surface area contributed by atoms with Crippen LogP contribution in [-0.4, -0.2) is 26.7 Å². The number of nitrogens with one attached hydrogen (secondary N) is 1. The minimum atomic E-state index is -0.341. The molecule has 0 aliphatic rings. The van der Waals surface area contributed by atoms with Crippen molar-refractivity contribution >= 4 is 11.6 Å². The Kier molecular flexibility index (Phi) is 5.85. The Balaban J connectivity index is 2.09. The van der Waals surface area contributed by atoms with Gasteiger partial charge in [-0.25, -0.2) is 4.39 Å².